The predicted molar refractivity (Wildman–Crippen MR) is 195 cm³/mol. The molecule has 0 saturated carbocycles. The molecule has 1 rings (SSSR count). The highest BCUT2D eigenvalue weighted by Crippen LogP contribution is 2.29. The molecule has 0 radical (unpaired) electrons. The maximum Gasteiger partial charge on any atom is 0.309 e. The van der Waals surface area contributed by atoms with Gasteiger partial charge in [0.2, 0.25) is 6.29 Å². The van der Waals surface area contributed by atoms with Gasteiger partial charge in [-0.05, 0) is 41.0 Å². The first-order valence-corrected chi connectivity index (χ1v) is 19.8. The normalized spacial score (nSPS) is 19.4. The number of nitrogens with zero attached hydrogens (tertiary/aromatic N) is 2. The van der Waals surface area contributed by atoms with E-state index in [1.807, 2.05) is 38.0 Å². The Morgan fingerprint density at radius 1 is 0.542 bits per heavy atom. The zero-order chi connectivity index (χ0) is 35.2. The Balaban J connectivity index is 2.73. The van der Waals surface area contributed by atoms with Gasteiger partial charge in [0.25, 0.3) is 0 Å². The van der Waals surface area contributed by atoms with Crippen molar-refractivity contribution in [3.8, 4) is 0 Å². The van der Waals surface area contributed by atoms with Crippen molar-refractivity contribution in [1.29, 1.82) is 0 Å². The lowest BCUT2D eigenvalue weighted by molar-refractivity contribution is -0.197. The molecule has 0 aromatic rings. The molecule has 1 saturated heterocycles. The maximum atomic E-state index is 12.8. The summed E-state index contributed by atoms with van der Waals surface area (Å²) in [6, 6.07) is 0. The van der Waals surface area contributed by atoms with Crippen molar-refractivity contribution in [2.24, 2.45) is 0 Å². The van der Waals surface area contributed by atoms with Gasteiger partial charge in [0.15, 0.2) is 0 Å². The minimum absolute atomic E-state index is 0.0405. The highest BCUT2D eigenvalue weighted by Gasteiger charge is 2.49. The number of ether oxygens (including phenoxy) is 5. The Labute approximate surface area is 295 Å². The van der Waals surface area contributed by atoms with Crippen molar-refractivity contribution in [2.45, 2.75) is 180 Å². The lowest BCUT2D eigenvalue weighted by Crippen LogP contribution is -2.41. The minimum atomic E-state index is -0.897. The topological polar surface area (TPSA) is 86.8 Å². The van der Waals surface area contributed by atoms with Gasteiger partial charge in [-0.25, -0.2) is 0 Å². The summed E-state index contributed by atoms with van der Waals surface area (Å²) < 4.78 is 30.6. The standard InChI is InChI=1S/C39H76N2O7/c1-7-9-11-13-15-17-19-21-23-25-31-44-37-34(33-46-35(42)27-29-40(3)4)47-39(48-36(43)28-30-41(5)6)38(37)45-32-26-24-22-20-18-16-14-12-10-8-2/h34,37-39H,7-33H2,1-6H3/t34-,37+,38?,39+/m1/s1. The fourth-order valence-corrected chi connectivity index (χ4v) is 5.98. The molecule has 9 nitrogen and oxygen atoms in total. The number of rotatable bonds is 33. The van der Waals surface area contributed by atoms with Crippen molar-refractivity contribution in [3.05, 3.63) is 0 Å². The molecule has 0 aromatic carbocycles. The molecule has 48 heavy (non-hydrogen) atoms. The number of unbranched alkanes of at least 4 members (excludes halogenated alkanes) is 18. The first kappa shape index (κ1) is 44.8. The van der Waals surface area contributed by atoms with E-state index in [0.717, 1.165) is 25.7 Å². The molecular weight excluding hydrogens is 608 g/mol. The summed E-state index contributed by atoms with van der Waals surface area (Å²) >= 11 is 0. The van der Waals surface area contributed by atoms with Gasteiger partial charge in [0.05, 0.1) is 12.8 Å². The second-order valence-electron chi connectivity index (χ2n) is 14.4. The average molecular weight is 685 g/mol. The van der Waals surface area contributed by atoms with E-state index in [0.29, 0.717) is 32.7 Å². The van der Waals surface area contributed by atoms with Crippen LogP contribution in [0.15, 0.2) is 0 Å². The maximum absolute atomic E-state index is 12.8. The predicted octanol–water partition coefficient (Wildman–Crippen LogP) is 8.31. The molecule has 0 spiro atoms. The fourth-order valence-electron chi connectivity index (χ4n) is 5.98. The van der Waals surface area contributed by atoms with Crippen molar-refractivity contribution in [1.82, 2.24) is 9.80 Å². The van der Waals surface area contributed by atoms with E-state index in [9.17, 15) is 9.59 Å². The molecule has 9 heteroatoms. The van der Waals surface area contributed by atoms with Crippen molar-refractivity contribution in [2.75, 3.05) is 61.1 Å². The van der Waals surface area contributed by atoms with Crippen LogP contribution in [0, 0.1) is 0 Å². The summed E-state index contributed by atoms with van der Waals surface area (Å²) in [6.45, 7) is 6.86. The summed E-state index contributed by atoms with van der Waals surface area (Å²) in [5, 5.41) is 0. The van der Waals surface area contributed by atoms with E-state index in [1.165, 1.54) is 103 Å². The molecule has 0 amide bonds. The molecule has 0 bridgehead atoms. The monoisotopic (exact) mass is 685 g/mol. The Hall–Kier alpha value is -1.26. The first-order valence-electron chi connectivity index (χ1n) is 19.8. The van der Waals surface area contributed by atoms with E-state index in [1.54, 1.807) is 0 Å². The molecule has 0 aromatic heterocycles. The summed E-state index contributed by atoms with van der Waals surface area (Å²) in [5.74, 6) is -0.617. The van der Waals surface area contributed by atoms with Gasteiger partial charge in [-0.2, -0.15) is 0 Å². The molecule has 1 aliphatic heterocycles. The number of carbonyl (C=O) groups excluding carboxylic acids is 2. The Morgan fingerprint density at radius 3 is 1.38 bits per heavy atom. The van der Waals surface area contributed by atoms with Crippen LogP contribution in [0.5, 0.6) is 0 Å². The molecular formula is C39H76N2O7. The van der Waals surface area contributed by atoms with E-state index in [2.05, 4.69) is 13.8 Å². The Kier molecular flexibility index (Phi) is 28.5. The van der Waals surface area contributed by atoms with E-state index in [-0.39, 0.29) is 25.0 Å². The quantitative estimate of drug-likeness (QED) is 0.0500. The third-order valence-electron chi connectivity index (χ3n) is 9.07. The highest BCUT2D eigenvalue weighted by atomic mass is 16.7. The second-order valence-corrected chi connectivity index (χ2v) is 14.4. The number of esters is 2. The molecule has 1 fully saturated rings. The highest BCUT2D eigenvalue weighted by molar-refractivity contribution is 5.70. The van der Waals surface area contributed by atoms with Crippen molar-refractivity contribution in [3.63, 3.8) is 0 Å². The number of hydrogen-bond donors (Lipinski definition) is 0. The van der Waals surface area contributed by atoms with Crippen LogP contribution in [-0.4, -0.2) is 107 Å². The lowest BCUT2D eigenvalue weighted by atomic mass is 10.1. The molecule has 1 unspecified atom stereocenters. The molecule has 0 aliphatic carbocycles. The van der Waals surface area contributed by atoms with Gasteiger partial charge >= 0.3 is 11.9 Å². The summed E-state index contributed by atoms with van der Waals surface area (Å²) in [4.78, 5) is 29.2. The van der Waals surface area contributed by atoms with Crippen LogP contribution in [0.25, 0.3) is 0 Å². The van der Waals surface area contributed by atoms with Crippen LogP contribution in [0.3, 0.4) is 0 Å². The third-order valence-corrected chi connectivity index (χ3v) is 9.07. The van der Waals surface area contributed by atoms with Gasteiger partial charge in [-0.3, -0.25) is 9.59 Å². The molecule has 1 heterocycles. The van der Waals surface area contributed by atoms with Gasteiger partial charge in [-0.1, -0.05) is 129 Å². The molecule has 284 valence electrons. The average Bonchev–Trinajstić information content (AvgIpc) is 3.38. The number of carbonyl (C=O) groups is 2. The van der Waals surface area contributed by atoms with Crippen LogP contribution in [0.4, 0.5) is 0 Å². The summed E-state index contributed by atoms with van der Waals surface area (Å²) in [6.07, 6.45) is 23.0. The summed E-state index contributed by atoms with van der Waals surface area (Å²) in [5.41, 5.74) is 0. The Morgan fingerprint density at radius 2 is 0.938 bits per heavy atom. The zero-order valence-corrected chi connectivity index (χ0v) is 32.2. The SMILES string of the molecule is CCCCCCCCCCCCOC1[C@H](OC(=O)CCN(C)C)O[C@H](COC(=O)CCN(C)C)[C@@H]1OCCCCCCCCCCCC. The van der Waals surface area contributed by atoms with Crippen LogP contribution < -0.4 is 0 Å². The first-order chi connectivity index (χ1) is 23.3. The lowest BCUT2D eigenvalue weighted by Gasteiger charge is -2.25. The van der Waals surface area contributed by atoms with Gasteiger partial charge in [0.1, 0.15) is 24.9 Å². The van der Waals surface area contributed by atoms with E-state index < -0.39 is 24.6 Å². The zero-order valence-electron chi connectivity index (χ0n) is 32.2. The smallest absolute Gasteiger partial charge is 0.309 e. The Bertz CT molecular complexity index is 767. The van der Waals surface area contributed by atoms with Crippen LogP contribution in [0.2, 0.25) is 0 Å². The van der Waals surface area contributed by atoms with Crippen molar-refractivity contribution >= 4 is 11.9 Å². The number of hydrogen-bond acceptors (Lipinski definition) is 9. The largest absolute Gasteiger partial charge is 0.463 e. The molecule has 0 N–H and O–H groups in total. The summed E-state index contributed by atoms with van der Waals surface area (Å²) in [7, 11) is 7.71. The van der Waals surface area contributed by atoms with Gasteiger partial charge in [-0.15, -0.1) is 0 Å². The molecule has 1 aliphatic rings. The van der Waals surface area contributed by atoms with Gasteiger partial charge in [0, 0.05) is 26.3 Å². The second kappa shape index (κ2) is 30.6. The fraction of sp³-hybridized carbons (Fsp3) is 0.949. The van der Waals surface area contributed by atoms with Crippen molar-refractivity contribution < 1.29 is 33.3 Å². The van der Waals surface area contributed by atoms with Crippen LogP contribution in [-0.2, 0) is 33.3 Å². The van der Waals surface area contributed by atoms with Crippen LogP contribution >= 0.6 is 0 Å². The van der Waals surface area contributed by atoms with E-state index >= 15 is 0 Å². The molecule has 4 atom stereocenters. The van der Waals surface area contributed by atoms with Crippen LogP contribution in [0.1, 0.15) is 155 Å². The minimum Gasteiger partial charge on any atom is -0.463 e. The van der Waals surface area contributed by atoms with Gasteiger partial charge < -0.3 is 33.5 Å². The third kappa shape index (κ3) is 24.0. The van der Waals surface area contributed by atoms with E-state index in [4.69, 9.17) is 23.7 Å².